The summed E-state index contributed by atoms with van der Waals surface area (Å²) >= 11 is 1.29. The fourth-order valence-electron chi connectivity index (χ4n) is 2.38. The lowest BCUT2D eigenvalue weighted by Crippen LogP contribution is -2.17. The van der Waals surface area contributed by atoms with Gasteiger partial charge in [-0.25, -0.2) is 15.0 Å². The van der Waals surface area contributed by atoms with E-state index in [2.05, 4.69) is 15.0 Å². The Hall–Kier alpha value is -2.80. The molecule has 1 aromatic carbocycles. The Labute approximate surface area is 128 Å². The molecule has 4 rings (SSSR count). The molecule has 0 fully saturated rings. The van der Waals surface area contributed by atoms with E-state index in [1.165, 1.54) is 28.6 Å². The van der Waals surface area contributed by atoms with Gasteiger partial charge >= 0.3 is 0 Å². The first-order chi connectivity index (χ1) is 10.6. The van der Waals surface area contributed by atoms with Gasteiger partial charge in [0.05, 0.1) is 11.1 Å². The fraction of sp³-hybridized carbons (Fsp3) is 0.0667. The van der Waals surface area contributed by atoms with Gasteiger partial charge in [0, 0.05) is 0 Å². The molecule has 3 aromatic heterocycles. The van der Waals surface area contributed by atoms with Gasteiger partial charge in [0.1, 0.15) is 33.5 Å². The molecule has 0 saturated carbocycles. The molecule has 6 nitrogen and oxygen atoms in total. The van der Waals surface area contributed by atoms with Crippen LogP contribution >= 0.6 is 11.3 Å². The molecule has 7 heteroatoms. The van der Waals surface area contributed by atoms with E-state index in [1.807, 2.05) is 31.2 Å². The lowest BCUT2D eigenvalue weighted by Gasteiger charge is -2.05. The van der Waals surface area contributed by atoms with Crippen molar-refractivity contribution in [3.63, 3.8) is 0 Å². The van der Waals surface area contributed by atoms with E-state index in [4.69, 9.17) is 5.73 Å². The SMILES string of the molecule is Cc1ccc(-n2cnc3c(sc4ncnc(N)c43)c2=O)cc1. The minimum atomic E-state index is -0.128. The first-order valence-corrected chi connectivity index (χ1v) is 7.44. The third-order valence-corrected chi connectivity index (χ3v) is 4.59. The molecule has 0 bridgehead atoms. The quantitative estimate of drug-likeness (QED) is 0.583. The van der Waals surface area contributed by atoms with Crippen LogP contribution in [0.25, 0.3) is 26.1 Å². The van der Waals surface area contributed by atoms with Crippen LogP contribution in [0.4, 0.5) is 5.82 Å². The Morgan fingerprint density at radius 1 is 1.14 bits per heavy atom. The van der Waals surface area contributed by atoms with E-state index in [0.29, 0.717) is 26.3 Å². The Morgan fingerprint density at radius 3 is 2.68 bits per heavy atom. The molecule has 0 spiro atoms. The molecule has 0 aliphatic heterocycles. The predicted octanol–water partition coefficient (Wildman–Crippen LogP) is 2.28. The maximum absolute atomic E-state index is 12.7. The van der Waals surface area contributed by atoms with Crippen LogP contribution in [0.2, 0.25) is 0 Å². The topological polar surface area (TPSA) is 86.7 Å². The summed E-state index contributed by atoms with van der Waals surface area (Å²) in [4.78, 5) is 26.0. The number of nitrogens with zero attached hydrogens (tertiary/aromatic N) is 4. The molecule has 0 aliphatic rings. The highest BCUT2D eigenvalue weighted by atomic mass is 32.1. The molecular formula is C15H11N5OS. The zero-order valence-corrected chi connectivity index (χ0v) is 12.5. The predicted molar refractivity (Wildman–Crippen MR) is 87.5 cm³/mol. The van der Waals surface area contributed by atoms with Gasteiger partial charge in [-0.3, -0.25) is 9.36 Å². The maximum atomic E-state index is 12.7. The van der Waals surface area contributed by atoms with Crippen molar-refractivity contribution in [2.45, 2.75) is 6.92 Å². The average Bonchev–Trinajstić information content (AvgIpc) is 2.90. The molecule has 22 heavy (non-hydrogen) atoms. The van der Waals surface area contributed by atoms with Gasteiger partial charge in [0.2, 0.25) is 0 Å². The van der Waals surface area contributed by atoms with E-state index in [9.17, 15) is 4.79 Å². The smallest absolute Gasteiger partial charge is 0.275 e. The highest BCUT2D eigenvalue weighted by Crippen LogP contribution is 2.31. The molecule has 4 aromatic rings. The zero-order valence-electron chi connectivity index (χ0n) is 11.6. The van der Waals surface area contributed by atoms with Gasteiger partial charge in [-0.2, -0.15) is 0 Å². The number of nitrogen functional groups attached to an aromatic ring is 1. The number of aromatic nitrogens is 4. The summed E-state index contributed by atoms with van der Waals surface area (Å²) in [7, 11) is 0. The average molecular weight is 309 g/mol. The molecule has 0 aliphatic carbocycles. The Morgan fingerprint density at radius 2 is 1.91 bits per heavy atom. The van der Waals surface area contributed by atoms with Crippen LogP contribution in [0, 0.1) is 6.92 Å². The van der Waals surface area contributed by atoms with E-state index in [0.717, 1.165) is 11.3 Å². The first-order valence-electron chi connectivity index (χ1n) is 6.62. The highest BCUT2D eigenvalue weighted by Gasteiger charge is 2.15. The second kappa shape index (κ2) is 4.60. The molecule has 3 heterocycles. The van der Waals surface area contributed by atoms with Gasteiger partial charge in [-0.05, 0) is 19.1 Å². The summed E-state index contributed by atoms with van der Waals surface area (Å²) in [5.41, 5.74) is 8.24. The van der Waals surface area contributed by atoms with Crippen LogP contribution in [-0.4, -0.2) is 19.5 Å². The maximum Gasteiger partial charge on any atom is 0.275 e. The third-order valence-electron chi connectivity index (χ3n) is 3.52. The molecule has 0 atom stereocenters. The van der Waals surface area contributed by atoms with Crippen LogP contribution in [-0.2, 0) is 0 Å². The van der Waals surface area contributed by atoms with Crippen molar-refractivity contribution >= 4 is 37.6 Å². The summed E-state index contributed by atoms with van der Waals surface area (Å²) in [5, 5.41) is 0.649. The van der Waals surface area contributed by atoms with Gasteiger partial charge in [-0.1, -0.05) is 17.7 Å². The van der Waals surface area contributed by atoms with Crippen molar-refractivity contribution in [1.29, 1.82) is 0 Å². The van der Waals surface area contributed by atoms with Gasteiger partial charge in [-0.15, -0.1) is 11.3 Å². The van der Waals surface area contributed by atoms with E-state index >= 15 is 0 Å². The summed E-state index contributed by atoms with van der Waals surface area (Å²) < 4.78 is 2.06. The van der Waals surface area contributed by atoms with Crippen molar-refractivity contribution in [3.8, 4) is 5.69 Å². The normalized spacial score (nSPS) is 11.3. The van der Waals surface area contributed by atoms with Crippen LogP contribution in [0.1, 0.15) is 5.56 Å². The number of hydrogen-bond acceptors (Lipinski definition) is 6. The van der Waals surface area contributed by atoms with Crippen LogP contribution < -0.4 is 11.3 Å². The second-order valence-electron chi connectivity index (χ2n) is 4.97. The molecular weight excluding hydrogens is 298 g/mol. The van der Waals surface area contributed by atoms with Crippen molar-refractivity contribution in [2.75, 3.05) is 5.73 Å². The van der Waals surface area contributed by atoms with Crippen molar-refractivity contribution in [1.82, 2.24) is 19.5 Å². The summed E-state index contributed by atoms with van der Waals surface area (Å²) in [6.45, 7) is 2.00. The number of benzene rings is 1. The lowest BCUT2D eigenvalue weighted by molar-refractivity contribution is 0.966. The van der Waals surface area contributed by atoms with Crippen LogP contribution in [0.5, 0.6) is 0 Å². The summed E-state index contributed by atoms with van der Waals surface area (Å²) in [6.07, 6.45) is 2.92. The molecule has 0 saturated heterocycles. The molecule has 0 radical (unpaired) electrons. The van der Waals surface area contributed by atoms with Crippen LogP contribution in [0.3, 0.4) is 0 Å². The monoisotopic (exact) mass is 309 g/mol. The number of thiophene rings is 1. The molecule has 2 N–H and O–H groups in total. The molecule has 108 valence electrons. The highest BCUT2D eigenvalue weighted by molar-refractivity contribution is 7.25. The number of rotatable bonds is 1. The Kier molecular flexibility index (Phi) is 2.70. The number of nitrogens with two attached hydrogens (primary N) is 1. The standard InChI is InChI=1S/C15H11N5OS/c1-8-2-4-9(5-3-8)20-7-19-11-10-13(16)17-6-18-14(10)22-12(11)15(20)21/h2-7H,1H3,(H2,16,17,18). The second-order valence-corrected chi connectivity index (χ2v) is 5.97. The first kappa shape index (κ1) is 12.9. The third kappa shape index (κ3) is 1.79. The lowest BCUT2D eigenvalue weighted by atomic mass is 10.2. The zero-order chi connectivity index (χ0) is 15.3. The van der Waals surface area contributed by atoms with Gasteiger partial charge < -0.3 is 5.73 Å². The van der Waals surface area contributed by atoms with Gasteiger partial charge in [0.15, 0.2) is 0 Å². The van der Waals surface area contributed by atoms with Gasteiger partial charge in [0.25, 0.3) is 5.56 Å². The van der Waals surface area contributed by atoms with Crippen LogP contribution in [0.15, 0.2) is 41.7 Å². The summed E-state index contributed by atoms with van der Waals surface area (Å²) in [6, 6.07) is 7.71. The molecule has 0 amide bonds. The molecule has 0 unspecified atom stereocenters. The van der Waals surface area contributed by atoms with E-state index in [1.54, 1.807) is 0 Å². The Balaban J connectivity index is 2.06. The fourth-order valence-corrected chi connectivity index (χ4v) is 3.41. The number of anilines is 1. The summed E-state index contributed by atoms with van der Waals surface area (Å²) in [5.74, 6) is 0.344. The minimum Gasteiger partial charge on any atom is -0.383 e. The Bertz CT molecular complexity index is 1070. The van der Waals surface area contributed by atoms with E-state index < -0.39 is 0 Å². The minimum absolute atomic E-state index is 0.128. The number of aryl methyl sites for hydroxylation is 1. The van der Waals surface area contributed by atoms with Crippen molar-refractivity contribution in [3.05, 3.63) is 52.8 Å². The van der Waals surface area contributed by atoms with Crippen molar-refractivity contribution < 1.29 is 0 Å². The van der Waals surface area contributed by atoms with E-state index in [-0.39, 0.29) is 5.56 Å². The van der Waals surface area contributed by atoms with Crippen molar-refractivity contribution in [2.24, 2.45) is 0 Å². The largest absolute Gasteiger partial charge is 0.383 e. The number of hydrogen-bond donors (Lipinski definition) is 1. The number of fused-ring (bicyclic) bond motifs is 3.